The van der Waals surface area contributed by atoms with Gasteiger partial charge in [-0.3, -0.25) is 4.79 Å². The third-order valence-electron chi connectivity index (χ3n) is 1.48. The van der Waals surface area contributed by atoms with E-state index in [4.69, 9.17) is 10.8 Å². The van der Waals surface area contributed by atoms with Gasteiger partial charge in [0.15, 0.2) is 0 Å². The van der Waals surface area contributed by atoms with Gasteiger partial charge in [-0.2, -0.15) is 0 Å². The summed E-state index contributed by atoms with van der Waals surface area (Å²) in [6.07, 6.45) is 0. The van der Waals surface area contributed by atoms with Crippen LogP contribution in [0.5, 0.6) is 0 Å². The Morgan fingerprint density at radius 1 is 1.80 bits per heavy atom. The number of aliphatic hydroxyl groups excluding tert-OH is 1. The molecule has 0 aromatic heterocycles. The first-order chi connectivity index (χ1) is 4.60. The maximum Gasteiger partial charge on any atom is 0.315 e. The highest BCUT2D eigenvalue weighted by Crippen LogP contribution is 2.14. The summed E-state index contributed by atoms with van der Waals surface area (Å²) >= 11 is 0. The molecule has 0 radical (unpaired) electrons. The quantitative estimate of drug-likeness (QED) is 0.508. The summed E-state index contributed by atoms with van der Waals surface area (Å²) < 4.78 is 4.42. The molecule has 0 aliphatic rings. The standard InChI is InChI=1S/C6H13NO3/c1-6(3-7,4-8)5(9)10-2/h8H,3-4,7H2,1-2H3. The summed E-state index contributed by atoms with van der Waals surface area (Å²) in [4.78, 5) is 10.8. The van der Waals surface area contributed by atoms with Crippen LogP contribution in [0.3, 0.4) is 0 Å². The molecule has 0 bridgehead atoms. The molecule has 0 fully saturated rings. The van der Waals surface area contributed by atoms with Crippen molar-refractivity contribution in [1.82, 2.24) is 0 Å². The van der Waals surface area contributed by atoms with Gasteiger partial charge in [0.2, 0.25) is 0 Å². The normalized spacial score (nSPS) is 16.0. The molecule has 0 heterocycles. The summed E-state index contributed by atoms with van der Waals surface area (Å²) in [5.74, 6) is -0.475. The molecule has 0 saturated carbocycles. The van der Waals surface area contributed by atoms with Gasteiger partial charge in [-0.15, -0.1) is 0 Å². The van der Waals surface area contributed by atoms with Crippen LogP contribution < -0.4 is 5.73 Å². The zero-order valence-corrected chi connectivity index (χ0v) is 6.26. The smallest absolute Gasteiger partial charge is 0.315 e. The Morgan fingerprint density at radius 3 is 2.40 bits per heavy atom. The van der Waals surface area contributed by atoms with Gasteiger partial charge < -0.3 is 15.6 Å². The van der Waals surface area contributed by atoms with Gasteiger partial charge in [-0.05, 0) is 6.92 Å². The Bertz CT molecular complexity index is 120. The average Bonchev–Trinajstić information content (AvgIpc) is 2.01. The fourth-order valence-corrected chi connectivity index (χ4v) is 0.459. The van der Waals surface area contributed by atoms with E-state index in [-0.39, 0.29) is 13.2 Å². The molecule has 4 nitrogen and oxygen atoms in total. The monoisotopic (exact) mass is 147 g/mol. The van der Waals surface area contributed by atoms with Crippen molar-refractivity contribution in [1.29, 1.82) is 0 Å². The first-order valence-corrected chi connectivity index (χ1v) is 3.00. The highest BCUT2D eigenvalue weighted by atomic mass is 16.5. The molecule has 0 aromatic carbocycles. The third kappa shape index (κ3) is 1.68. The predicted molar refractivity (Wildman–Crippen MR) is 36.3 cm³/mol. The number of carbonyl (C=O) groups is 1. The number of carbonyl (C=O) groups excluding carboxylic acids is 1. The second kappa shape index (κ2) is 3.53. The fourth-order valence-electron chi connectivity index (χ4n) is 0.459. The Labute approximate surface area is 60.0 Å². The van der Waals surface area contributed by atoms with Crippen LogP contribution in [0.4, 0.5) is 0 Å². The van der Waals surface area contributed by atoms with E-state index >= 15 is 0 Å². The molecule has 0 rings (SSSR count). The van der Waals surface area contributed by atoms with E-state index in [2.05, 4.69) is 4.74 Å². The van der Waals surface area contributed by atoms with E-state index in [9.17, 15) is 4.79 Å². The lowest BCUT2D eigenvalue weighted by Crippen LogP contribution is -2.39. The minimum Gasteiger partial charge on any atom is -0.468 e. The second-order valence-electron chi connectivity index (χ2n) is 2.41. The molecule has 60 valence electrons. The maximum absolute atomic E-state index is 10.8. The summed E-state index contributed by atoms with van der Waals surface area (Å²) in [5, 5.41) is 8.71. The van der Waals surface area contributed by atoms with Crippen LogP contribution in [0.25, 0.3) is 0 Å². The molecule has 3 N–H and O–H groups in total. The van der Waals surface area contributed by atoms with Crippen LogP contribution in [0.2, 0.25) is 0 Å². The van der Waals surface area contributed by atoms with Gasteiger partial charge in [0.05, 0.1) is 13.7 Å². The van der Waals surface area contributed by atoms with Crippen LogP contribution in [-0.2, 0) is 9.53 Å². The van der Waals surface area contributed by atoms with E-state index in [0.717, 1.165) is 0 Å². The summed E-state index contributed by atoms with van der Waals surface area (Å²) in [6.45, 7) is 1.37. The minimum atomic E-state index is -0.936. The van der Waals surface area contributed by atoms with Crippen molar-refractivity contribution in [3.05, 3.63) is 0 Å². The molecule has 0 aromatic rings. The maximum atomic E-state index is 10.8. The molecule has 0 spiro atoms. The number of ether oxygens (including phenoxy) is 1. The van der Waals surface area contributed by atoms with Crippen molar-refractivity contribution in [2.45, 2.75) is 6.92 Å². The molecular formula is C6H13NO3. The Hall–Kier alpha value is -0.610. The Kier molecular flexibility index (Phi) is 3.32. The van der Waals surface area contributed by atoms with Gasteiger partial charge in [-0.25, -0.2) is 0 Å². The van der Waals surface area contributed by atoms with Gasteiger partial charge in [0, 0.05) is 6.54 Å². The minimum absolute atomic E-state index is 0.0934. The van der Waals surface area contributed by atoms with E-state index in [1.165, 1.54) is 7.11 Å². The number of hydrogen-bond acceptors (Lipinski definition) is 4. The van der Waals surface area contributed by atoms with Crippen molar-refractivity contribution in [3.63, 3.8) is 0 Å². The lowest BCUT2D eigenvalue weighted by Gasteiger charge is -2.21. The lowest BCUT2D eigenvalue weighted by atomic mass is 9.92. The fraction of sp³-hybridized carbons (Fsp3) is 0.833. The van der Waals surface area contributed by atoms with Crippen LogP contribution in [0, 0.1) is 5.41 Å². The highest BCUT2D eigenvalue weighted by Gasteiger charge is 2.31. The number of rotatable bonds is 3. The average molecular weight is 147 g/mol. The van der Waals surface area contributed by atoms with Crippen LogP contribution in [0.1, 0.15) is 6.92 Å². The number of methoxy groups -OCH3 is 1. The molecule has 0 aliphatic heterocycles. The SMILES string of the molecule is COC(=O)C(C)(CN)CO. The molecule has 0 amide bonds. The van der Waals surface area contributed by atoms with Gasteiger partial charge in [0.25, 0.3) is 0 Å². The van der Waals surface area contributed by atoms with Gasteiger partial charge in [-0.1, -0.05) is 0 Å². The van der Waals surface area contributed by atoms with E-state index in [0.29, 0.717) is 0 Å². The molecule has 0 aliphatic carbocycles. The van der Waals surface area contributed by atoms with Crippen LogP contribution >= 0.6 is 0 Å². The molecular weight excluding hydrogens is 134 g/mol. The number of hydrogen-bond donors (Lipinski definition) is 2. The second-order valence-corrected chi connectivity index (χ2v) is 2.41. The molecule has 1 atom stereocenters. The number of nitrogens with two attached hydrogens (primary N) is 1. The van der Waals surface area contributed by atoms with E-state index in [1.54, 1.807) is 6.92 Å². The summed E-state index contributed by atoms with van der Waals surface area (Å²) in [6, 6.07) is 0. The zero-order valence-electron chi connectivity index (χ0n) is 6.26. The van der Waals surface area contributed by atoms with E-state index in [1.807, 2.05) is 0 Å². The van der Waals surface area contributed by atoms with Crippen molar-refractivity contribution in [3.8, 4) is 0 Å². The summed E-state index contributed by atoms with van der Waals surface area (Å²) in [5.41, 5.74) is 4.30. The van der Waals surface area contributed by atoms with E-state index < -0.39 is 11.4 Å². The molecule has 0 saturated heterocycles. The Balaban J connectivity index is 4.17. The third-order valence-corrected chi connectivity index (χ3v) is 1.48. The number of aliphatic hydroxyl groups is 1. The van der Waals surface area contributed by atoms with Crippen LogP contribution in [-0.4, -0.2) is 31.3 Å². The highest BCUT2D eigenvalue weighted by molar-refractivity contribution is 5.76. The first-order valence-electron chi connectivity index (χ1n) is 3.00. The summed E-state index contributed by atoms with van der Waals surface area (Å²) in [7, 11) is 1.27. The molecule has 1 unspecified atom stereocenters. The van der Waals surface area contributed by atoms with Crippen molar-refractivity contribution < 1.29 is 14.6 Å². The molecule has 10 heavy (non-hydrogen) atoms. The first kappa shape index (κ1) is 9.39. The van der Waals surface area contributed by atoms with Crippen LogP contribution in [0.15, 0.2) is 0 Å². The lowest BCUT2D eigenvalue weighted by molar-refractivity contribution is -0.153. The number of esters is 1. The zero-order chi connectivity index (χ0) is 8.20. The van der Waals surface area contributed by atoms with Gasteiger partial charge >= 0.3 is 5.97 Å². The largest absolute Gasteiger partial charge is 0.468 e. The van der Waals surface area contributed by atoms with Crippen molar-refractivity contribution >= 4 is 5.97 Å². The predicted octanol–water partition coefficient (Wildman–Crippen LogP) is -0.883. The topological polar surface area (TPSA) is 72.5 Å². The van der Waals surface area contributed by atoms with Gasteiger partial charge in [0.1, 0.15) is 5.41 Å². The van der Waals surface area contributed by atoms with Crippen molar-refractivity contribution in [2.24, 2.45) is 11.1 Å². The molecule has 4 heteroatoms. The van der Waals surface area contributed by atoms with Crippen molar-refractivity contribution in [2.75, 3.05) is 20.3 Å². The Morgan fingerprint density at radius 2 is 2.30 bits per heavy atom.